The number of carbonyl (C=O) groups excluding carboxylic acids is 1. The average molecular weight is 378 g/mol. The number of benzene rings is 1. The Bertz CT molecular complexity index is 922. The molecule has 4 aliphatic rings. The maximum atomic E-state index is 12.7. The van der Waals surface area contributed by atoms with Crippen molar-refractivity contribution >= 4 is 16.8 Å². The molecule has 6 rings (SSSR count). The zero-order valence-electron chi connectivity index (χ0n) is 16.8. The van der Waals surface area contributed by atoms with E-state index in [1.54, 1.807) is 0 Å². The summed E-state index contributed by atoms with van der Waals surface area (Å²) in [6.45, 7) is 3.40. The lowest BCUT2D eigenvalue weighted by molar-refractivity contribution is -0.129. The molecule has 0 amide bonds. The zero-order chi connectivity index (χ0) is 18.7. The first kappa shape index (κ1) is 17.2. The first-order valence-electron chi connectivity index (χ1n) is 11.5. The molecule has 4 heteroatoms. The molecule has 0 saturated heterocycles. The van der Waals surface area contributed by atoms with Gasteiger partial charge in [-0.25, -0.2) is 4.98 Å². The summed E-state index contributed by atoms with van der Waals surface area (Å²) in [6, 6.07) is 5.55. The van der Waals surface area contributed by atoms with Crippen molar-refractivity contribution in [3.05, 3.63) is 29.1 Å². The summed E-state index contributed by atoms with van der Waals surface area (Å²) < 4.78 is 2.49. The zero-order valence-corrected chi connectivity index (χ0v) is 16.8. The van der Waals surface area contributed by atoms with Gasteiger partial charge in [-0.15, -0.1) is 0 Å². The van der Waals surface area contributed by atoms with Gasteiger partial charge in [-0.3, -0.25) is 9.69 Å². The Morgan fingerprint density at radius 1 is 0.893 bits per heavy atom. The Kier molecular flexibility index (Phi) is 4.11. The first-order valence-corrected chi connectivity index (χ1v) is 11.5. The third-order valence-electron chi connectivity index (χ3n) is 8.11. The number of aromatic nitrogens is 2. The molecule has 1 aromatic heterocycles. The van der Waals surface area contributed by atoms with Crippen molar-refractivity contribution in [3.8, 4) is 0 Å². The number of hydrogen-bond donors (Lipinski definition) is 0. The number of rotatable bonds is 3. The van der Waals surface area contributed by atoms with Crippen LogP contribution in [-0.2, 0) is 30.6 Å². The number of nitrogens with zero attached hydrogens (tertiary/aromatic N) is 3. The van der Waals surface area contributed by atoms with Crippen molar-refractivity contribution < 1.29 is 4.79 Å². The minimum Gasteiger partial charge on any atom is -0.327 e. The lowest BCUT2D eigenvalue weighted by atomic mass is 9.72. The Morgan fingerprint density at radius 3 is 2.50 bits per heavy atom. The van der Waals surface area contributed by atoms with E-state index in [-0.39, 0.29) is 5.92 Å². The molecule has 28 heavy (non-hydrogen) atoms. The second-order valence-electron chi connectivity index (χ2n) is 9.63. The fourth-order valence-electron chi connectivity index (χ4n) is 5.84. The van der Waals surface area contributed by atoms with Crippen LogP contribution in [0.2, 0.25) is 0 Å². The average Bonchev–Trinajstić information content (AvgIpc) is 2.81. The Morgan fingerprint density at radius 2 is 1.75 bits per heavy atom. The molecule has 0 radical (unpaired) electrons. The van der Waals surface area contributed by atoms with Crippen molar-refractivity contribution in [3.63, 3.8) is 0 Å². The van der Waals surface area contributed by atoms with Crippen LogP contribution in [0.15, 0.2) is 12.1 Å². The van der Waals surface area contributed by atoms with Crippen LogP contribution < -0.4 is 0 Å². The highest BCUT2D eigenvalue weighted by molar-refractivity contribution is 5.85. The van der Waals surface area contributed by atoms with Crippen LogP contribution in [0.25, 0.3) is 11.0 Å². The second-order valence-corrected chi connectivity index (χ2v) is 9.63. The largest absolute Gasteiger partial charge is 0.327 e. The van der Waals surface area contributed by atoms with Crippen LogP contribution in [0.4, 0.5) is 0 Å². The molecule has 2 saturated carbocycles. The van der Waals surface area contributed by atoms with Crippen molar-refractivity contribution in [2.75, 3.05) is 13.1 Å². The molecule has 1 aliphatic heterocycles. The van der Waals surface area contributed by atoms with E-state index in [9.17, 15) is 4.79 Å². The van der Waals surface area contributed by atoms with Gasteiger partial charge in [-0.1, -0.05) is 12.8 Å². The van der Waals surface area contributed by atoms with Gasteiger partial charge in [0.1, 0.15) is 11.6 Å². The highest BCUT2D eigenvalue weighted by Gasteiger charge is 2.33. The molecule has 2 aromatic rings. The van der Waals surface area contributed by atoms with E-state index in [1.807, 2.05) is 0 Å². The second kappa shape index (κ2) is 6.69. The third-order valence-corrected chi connectivity index (χ3v) is 8.11. The standard InChI is InChI=1S/C24H31N3O/c28-24(16-3-1-4-16)18-8-7-17-15-22-21(14-19(17)13-18)25-23-9-10-26(11-12-27(22)23)20-5-2-6-20/h14-16,18,20H,1-13H2. The Balaban J connectivity index is 1.26. The third kappa shape index (κ3) is 2.75. The van der Waals surface area contributed by atoms with Crippen molar-refractivity contribution in [2.45, 2.75) is 76.8 Å². The fraction of sp³-hybridized carbons (Fsp3) is 0.667. The number of carbonyl (C=O) groups is 1. The number of hydrogen-bond acceptors (Lipinski definition) is 3. The van der Waals surface area contributed by atoms with E-state index in [4.69, 9.17) is 4.98 Å². The summed E-state index contributed by atoms with van der Waals surface area (Å²) in [6.07, 6.45) is 11.8. The highest BCUT2D eigenvalue weighted by Crippen LogP contribution is 2.36. The van der Waals surface area contributed by atoms with Crippen LogP contribution in [0.1, 0.15) is 61.9 Å². The summed E-state index contributed by atoms with van der Waals surface area (Å²) in [5, 5.41) is 0. The van der Waals surface area contributed by atoms with Crippen molar-refractivity contribution in [1.29, 1.82) is 0 Å². The minimum absolute atomic E-state index is 0.256. The van der Waals surface area contributed by atoms with Gasteiger partial charge in [-0.05, 0) is 68.2 Å². The van der Waals surface area contributed by atoms with E-state index in [0.717, 1.165) is 69.7 Å². The lowest BCUT2D eigenvalue weighted by Crippen LogP contribution is -2.41. The smallest absolute Gasteiger partial charge is 0.139 e. The van der Waals surface area contributed by atoms with Gasteiger partial charge in [0, 0.05) is 43.9 Å². The van der Waals surface area contributed by atoms with Crippen LogP contribution in [0.3, 0.4) is 0 Å². The van der Waals surface area contributed by atoms with Crippen LogP contribution >= 0.6 is 0 Å². The van der Waals surface area contributed by atoms with Crippen molar-refractivity contribution in [1.82, 2.24) is 14.5 Å². The maximum absolute atomic E-state index is 12.7. The number of Topliss-reactive ketones (excluding diaryl/α,β-unsaturated/α-hetero) is 1. The van der Waals surface area contributed by atoms with Gasteiger partial charge in [0.25, 0.3) is 0 Å². The maximum Gasteiger partial charge on any atom is 0.139 e. The van der Waals surface area contributed by atoms with E-state index < -0.39 is 0 Å². The molecule has 2 heterocycles. The van der Waals surface area contributed by atoms with Gasteiger partial charge < -0.3 is 4.57 Å². The molecule has 148 valence electrons. The molecular formula is C24H31N3O. The van der Waals surface area contributed by atoms with Crippen LogP contribution in [-0.4, -0.2) is 39.4 Å². The molecular weight excluding hydrogens is 346 g/mol. The number of aryl methyl sites for hydroxylation is 1. The molecule has 1 aromatic carbocycles. The number of ketones is 1. The Hall–Kier alpha value is -1.68. The number of fused-ring (bicyclic) bond motifs is 4. The summed E-state index contributed by atoms with van der Waals surface area (Å²) in [5.41, 5.74) is 5.34. The van der Waals surface area contributed by atoms with Gasteiger partial charge >= 0.3 is 0 Å². The minimum atomic E-state index is 0.256. The highest BCUT2D eigenvalue weighted by atomic mass is 16.1. The summed E-state index contributed by atoms with van der Waals surface area (Å²) in [5.74, 6) is 2.44. The van der Waals surface area contributed by atoms with E-state index in [0.29, 0.717) is 11.7 Å². The summed E-state index contributed by atoms with van der Waals surface area (Å²) >= 11 is 0. The van der Waals surface area contributed by atoms with E-state index in [1.165, 1.54) is 48.2 Å². The fourth-order valence-corrected chi connectivity index (χ4v) is 5.84. The first-order chi connectivity index (χ1) is 13.8. The lowest BCUT2D eigenvalue weighted by Gasteiger charge is -2.36. The van der Waals surface area contributed by atoms with E-state index >= 15 is 0 Å². The predicted molar refractivity (Wildman–Crippen MR) is 111 cm³/mol. The molecule has 0 N–H and O–H groups in total. The predicted octanol–water partition coefficient (Wildman–Crippen LogP) is 3.92. The normalized spacial score (nSPS) is 26.2. The van der Waals surface area contributed by atoms with E-state index in [2.05, 4.69) is 21.6 Å². The summed E-state index contributed by atoms with van der Waals surface area (Å²) in [4.78, 5) is 20.5. The van der Waals surface area contributed by atoms with Gasteiger partial charge in [0.05, 0.1) is 11.0 Å². The molecule has 0 bridgehead atoms. The molecule has 1 unspecified atom stereocenters. The monoisotopic (exact) mass is 377 g/mol. The Labute approximate surface area is 167 Å². The topological polar surface area (TPSA) is 38.1 Å². The van der Waals surface area contributed by atoms with Crippen LogP contribution in [0.5, 0.6) is 0 Å². The molecule has 4 nitrogen and oxygen atoms in total. The molecule has 1 atom stereocenters. The quantitative estimate of drug-likeness (QED) is 0.814. The van der Waals surface area contributed by atoms with Crippen molar-refractivity contribution in [2.24, 2.45) is 11.8 Å². The summed E-state index contributed by atoms with van der Waals surface area (Å²) in [7, 11) is 0. The van der Waals surface area contributed by atoms with Gasteiger partial charge in [0.15, 0.2) is 0 Å². The SMILES string of the molecule is O=C(C1CCC1)C1CCc2cc3c(cc2C1)nc1n3CCN(C2CCC2)CC1. The molecule has 0 spiro atoms. The van der Waals surface area contributed by atoms with Gasteiger partial charge in [-0.2, -0.15) is 0 Å². The molecule has 2 fully saturated rings. The molecule has 3 aliphatic carbocycles. The van der Waals surface area contributed by atoms with Gasteiger partial charge in [0.2, 0.25) is 0 Å². The van der Waals surface area contributed by atoms with Crippen LogP contribution in [0, 0.1) is 11.8 Å². The number of imidazole rings is 1.